The van der Waals surface area contributed by atoms with Crippen LogP contribution in [0.15, 0.2) is 53.6 Å². The van der Waals surface area contributed by atoms with Crippen molar-refractivity contribution in [2.24, 2.45) is 5.11 Å². The van der Waals surface area contributed by atoms with E-state index in [1.54, 1.807) is 20.8 Å². The minimum atomic E-state index is -1.20. The number of alkyl carbamates (subject to hydrolysis) is 1. The van der Waals surface area contributed by atoms with Crippen molar-refractivity contribution in [3.05, 3.63) is 70.1 Å². The van der Waals surface area contributed by atoms with Crippen LogP contribution in [0.2, 0.25) is 0 Å². The molecule has 2 amide bonds. The summed E-state index contributed by atoms with van der Waals surface area (Å²) in [6, 6.07) is 14.6. The van der Waals surface area contributed by atoms with E-state index >= 15 is 0 Å². The second-order valence-electron chi connectivity index (χ2n) is 8.68. The Balaban J connectivity index is 1.64. The summed E-state index contributed by atoms with van der Waals surface area (Å²) in [6.07, 6.45) is -1.07. The van der Waals surface area contributed by atoms with E-state index < -0.39 is 29.6 Å². The van der Waals surface area contributed by atoms with Crippen molar-refractivity contribution in [2.75, 3.05) is 6.61 Å². The molecule has 0 spiro atoms. The van der Waals surface area contributed by atoms with Gasteiger partial charge in [0.25, 0.3) is 0 Å². The molecule has 0 bridgehead atoms. The fourth-order valence-electron chi connectivity index (χ4n) is 3.81. The Bertz CT molecular complexity index is 1060. The fourth-order valence-corrected chi connectivity index (χ4v) is 3.81. The van der Waals surface area contributed by atoms with Crippen molar-refractivity contribution in [3.63, 3.8) is 0 Å². The summed E-state index contributed by atoms with van der Waals surface area (Å²) in [5.41, 5.74) is 12.2. The number of carbonyl (C=O) groups is 3. The Kier molecular flexibility index (Phi) is 7.35. The average molecular weight is 450 g/mol. The van der Waals surface area contributed by atoms with E-state index in [-0.39, 0.29) is 25.4 Å². The number of rotatable bonds is 7. The van der Waals surface area contributed by atoms with Gasteiger partial charge in [0.2, 0.25) is 5.91 Å². The maximum absolute atomic E-state index is 12.5. The molecule has 3 rings (SSSR count). The van der Waals surface area contributed by atoms with Crippen molar-refractivity contribution in [2.45, 2.75) is 51.2 Å². The predicted octanol–water partition coefficient (Wildman–Crippen LogP) is 4.85. The Hall–Kier alpha value is -3.84. The molecular formula is C24H26N4O5. The molecule has 0 saturated heterocycles. The zero-order chi connectivity index (χ0) is 24.0. The molecule has 0 unspecified atom stereocenters. The molecule has 0 fully saturated rings. The van der Waals surface area contributed by atoms with Crippen LogP contribution in [0.1, 0.15) is 50.7 Å². The molecule has 0 aromatic heterocycles. The lowest BCUT2D eigenvalue weighted by Gasteiger charge is -2.21. The summed E-state index contributed by atoms with van der Waals surface area (Å²) in [4.78, 5) is 39.1. The van der Waals surface area contributed by atoms with Crippen LogP contribution in [-0.2, 0) is 19.1 Å². The first-order chi connectivity index (χ1) is 15.7. The summed E-state index contributed by atoms with van der Waals surface area (Å²) in [7, 11) is 0. The molecule has 0 heterocycles. The number of hydrogen-bond donors (Lipinski definition) is 1. The van der Waals surface area contributed by atoms with Gasteiger partial charge in [-0.25, -0.2) is 4.79 Å². The topological polar surface area (TPSA) is 130 Å². The fraction of sp³-hybridized carbons (Fsp3) is 0.375. The molecule has 172 valence electrons. The van der Waals surface area contributed by atoms with Gasteiger partial charge in [-0.3, -0.25) is 9.59 Å². The Labute approximate surface area is 191 Å². The Morgan fingerprint density at radius 3 is 2.18 bits per heavy atom. The van der Waals surface area contributed by atoms with Gasteiger partial charge >= 0.3 is 12.1 Å². The van der Waals surface area contributed by atoms with E-state index in [9.17, 15) is 14.4 Å². The maximum Gasteiger partial charge on any atom is 0.407 e. The summed E-state index contributed by atoms with van der Waals surface area (Å²) < 4.78 is 10.6. The second-order valence-corrected chi connectivity index (χ2v) is 8.68. The first-order valence-corrected chi connectivity index (χ1v) is 10.6. The van der Waals surface area contributed by atoms with Crippen LogP contribution in [0.4, 0.5) is 4.79 Å². The van der Waals surface area contributed by atoms with Gasteiger partial charge in [-0.2, -0.15) is 0 Å². The maximum atomic E-state index is 12.5. The molecule has 1 aliphatic carbocycles. The number of nitrogens with one attached hydrogen (secondary N) is 1. The van der Waals surface area contributed by atoms with Gasteiger partial charge in [-0.05, 0) is 60.1 Å². The van der Waals surface area contributed by atoms with E-state index in [1.807, 2.05) is 48.5 Å². The molecule has 1 N–H and O–H groups in total. The van der Waals surface area contributed by atoms with E-state index in [2.05, 4.69) is 15.3 Å². The number of fused-ring (bicyclic) bond motifs is 3. The first kappa shape index (κ1) is 23.8. The standard InChI is InChI=1S/C24H26N4O5/c1-24(2,3)33-21(29)13-12-20(22(30)27-28-25)26-23(31)32-14-19-17-10-6-4-8-15(17)16-9-5-7-11-18(16)19/h4-11,19-20H,12-14H2,1-3H3,(H,26,31)/t20-/m0/s1. The molecule has 2 aromatic rings. The van der Waals surface area contributed by atoms with Gasteiger partial charge in [0.15, 0.2) is 0 Å². The zero-order valence-corrected chi connectivity index (χ0v) is 18.8. The quantitative estimate of drug-likeness (QED) is 0.279. The zero-order valence-electron chi connectivity index (χ0n) is 18.8. The summed E-state index contributed by atoms with van der Waals surface area (Å²) in [5.74, 6) is -1.58. The van der Waals surface area contributed by atoms with E-state index in [0.29, 0.717) is 0 Å². The molecule has 0 radical (unpaired) electrons. The number of nitrogens with zero attached hydrogens (tertiary/aromatic N) is 3. The van der Waals surface area contributed by atoms with Gasteiger partial charge in [0.1, 0.15) is 12.2 Å². The molecule has 2 aromatic carbocycles. The average Bonchev–Trinajstić information content (AvgIpc) is 3.08. The highest BCUT2D eigenvalue weighted by Crippen LogP contribution is 2.44. The first-order valence-electron chi connectivity index (χ1n) is 10.6. The van der Waals surface area contributed by atoms with Gasteiger partial charge in [0, 0.05) is 17.3 Å². The number of hydrogen-bond acceptors (Lipinski definition) is 5. The molecule has 9 heteroatoms. The smallest absolute Gasteiger partial charge is 0.407 e. The van der Waals surface area contributed by atoms with Crippen LogP contribution in [0.5, 0.6) is 0 Å². The summed E-state index contributed by atoms with van der Waals surface area (Å²) in [6.45, 7) is 5.24. The number of azide groups is 1. The SMILES string of the molecule is CC(C)(C)OC(=O)CC[C@H](NC(=O)OCC1c2ccccc2-c2ccccc21)C(=O)N=[N+]=[N-]. The normalized spacial score (nSPS) is 13.2. The van der Waals surface area contributed by atoms with Crippen LogP contribution in [0.3, 0.4) is 0 Å². The molecule has 0 saturated carbocycles. The third kappa shape index (κ3) is 6.11. The number of benzene rings is 2. The molecule has 0 aliphatic heterocycles. The van der Waals surface area contributed by atoms with E-state index in [4.69, 9.17) is 15.0 Å². The number of amides is 2. The highest BCUT2D eigenvalue weighted by molar-refractivity contribution is 5.87. The van der Waals surface area contributed by atoms with Crippen LogP contribution in [0.25, 0.3) is 21.6 Å². The van der Waals surface area contributed by atoms with Crippen LogP contribution < -0.4 is 5.32 Å². The minimum absolute atomic E-state index is 0.0638. The molecule has 33 heavy (non-hydrogen) atoms. The van der Waals surface area contributed by atoms with Gasteiger partial charge < -0.3 is 14.8 Å². The van der Waals surface area contributed by atoms with Crippen LogP contribution >= 0.6 is 0 Å². The predicted molar refractivity (Wildman–Crippen MR) is 121 cm³/mol. The summed E-state index contributed by atoms with van der Waals surface area (Å²) >= 11 is 0. The van der Waals surface area contributed by atoms with Crippen molar-refractivity contribution in [1.82, 2.24) is 5.32 Å². The molecule has 1 atom stereocenters. The molecule has 9 nitrogen and oxygen atoms in total. The van der Waals surface area contributed by atoms with Crippen molar-refractivity contribution in [3.8, 4) is 11.1 Å². The largest absolute Gasteiger partial charge is 0.460 e. The highest BCUT2D eigenvalue weighted by atomic mass is 16.6. The van der Waals surface area contributed by atoms with Gasteiger partial charge in [-0.1, -0.05) is 48.5 Å². The minimum Gasteiger partial charge on any atom is -0.460 e. The van der Waals surface area contributed by atoms with Crippen molar-refractivity contribution < 1.29 is 23.9 Å². The monoisotopic (exact) mass is 450 g/mol. The molecular weight excluding hydrogens is 424 g/mol. The lowest BCUT2D eigenvalue weighted by molar-refractivity contribution is -0.155. The summed E-state index contributed by atoms with van der Waals surface area (Å²) in [5, 5.41) is 5.46. The van der Waals surface area contributed by atoms with Crippen LogP contribution in [-0.4, -0.2) is 36.2 Å². The lowest BCUT2D eigenvalue weighted by Crippen LogP contribution is -2.41. The van der Waals surface area contributed by atoms with E-state index in [1.165, 1.54) is 0 Å². The van der Waals surface area contributed by atoms with Gasteiger partial charge in [-0.15, -0.1) is 0 Å². The number of ether oxygens (including phenoxy) is 2. The lowest BCUT2D eigenvalue weighted by atomic mass is 9.98. The Morgan fingerprint density at radius 2 is 1.64 bits per heavy atom. The Morgan fingerprint density at radius 1 is 1.06 bits per heavy atom. The highest BCUT2D eigenvalue weighted by Gasteiger charge is 2.30. The molecule has 1 aliphatic rings. The van der Waals surface area contributed by atoms with Gasteiger partial charge in [0.05, 0.1) is 6.04 Å². The third-order valence-electron chi connectivity index (χ3n) is 5.13. The van der Waals surface area contributed by atoms with E-state index in [0.717, 1.165) is 22.3 Å². The van der Waals surface area contributed by atoms with Crippen LogP contribution in [0, 0.1) is 0 Å². The second kappa shape index (κ2) is 10.2. The third-order valence-corrected chi connectivity index (χ3v) is 5.13. The number of carbonyl (C=O) groups excluding carboxylic acids is 3. The number of esters is 1. The van der Waals surface area contributed by atoms with Crippen molar-refractivity contribution >= 4 is 18.0 Å². The van der Waals surface area contributed by atoms with Crippen molar-refractivity contribution in [1.29, 1.82) is 0 Å².